The van der Waals surface area contributed by atoms with Crippen LogP contribution >= 0.6 is 0 Å². The first kappa shape index (κ1) is 33.7. The van der Waals surface area contributed by atoms with Crippen molar-refractivity contribution in [3.63, 3.8) is 0 Å². The molecule has 0 N–H and O–H groups in total. The largest absolute Gasteiger partial charge is 0.482 e. The standard InChI is InChI=1S/C34H30F7N7O2/c1-18(34(39,40)41)8-26-23(13-42)31(24-15-44-48(32(24)45-26)21-4-6-46(7-5-21)22-11-33(37,38)12-22)19-2-3-28-29(9-19)50-17-30(49)47(28)16-27-25(36)10-20(35)14-43-27/h2-3,9-10,14-15,18,21-22H,4-8,11-12,16-17H2,1H3. The zero-order valence-corrected chi connectivity index (χ0v) is 26.7. The summed E-state index contributed by atoms with van der Waals surface area (Å²) in [6.07, 6.45) is -2.02. The minimum Gasteiger partial charge on any atom is -0.482 e. The minimum absolute atomic E-state index is 0.0657. The minimum atomic E-state index is -4.55. The molecule has 1 unspecified atom stereocenters. The number of ether oxygens (including phenoxy) is 1. The van der Waals surface area contributed by atoms with Crippen LogP contribution in [0.1, 0.15) is 55.6 Å². The van der Waals surface area contributed by atoms with E-state index in [2.05, 4.69) is 21.1 Å². The molecule has 0 spiro atoms. The first-order valence-corrected chi connectivity index (χ1v) is 16.1. The number of halogens is 7. The van der Waals surface area contributed by atoms with Crippen molar-refractivity contribution >= 4 is 22.6 Å². The van der Waals surface area contributed by atoms with Gasteiger partial charge in [0.25, 0.3) is 11.8 Å². The summed E-state index contributed by atoms with van der Waals surface area (Å²) in [4.78, 5) is 24.5. The molecule has 3 aromatic heterocycles. The molecule has 1 saturated heterocycles. The zero-order valence-electron chi connectivity index (χ0n) is 26.7. The van der Waals surface area contributed by atoms with Gasteiger partial charge in [0.2, 0.25) is 0 Å². The number of nitriles is 1. The Morgan fingerprint density at radius 2 is 1.82 bits per heavy atom. The topological polar surface area (TPSA) is 100 Å². The molecule has 0 bridgehead atoms. The highest BCUT2D eigenvalue weighted by Crippen LogP contribution is 2.44. The van der Waals surface area contributed by atoms with Crippen molar-refractivity contribution in [3.05, 3.63) is 65.2 Å². The van der Waals surface area contributed by atoms with Crippen LogP contribution in [0.2, 0.25) is 0 Å². The monoisotopic (exact) mass is 701 g/mol. The predicted octanol–water partition coefficient (Wildman–Crippen LogP) is 6.74. The highest BCUT2D eigenvalue weighted by atomic mass is 19.4. The number of hydrogen-bond donors (Lipinski definition) is 0. The van der Waals surface area contributed by atoms with Crippen LogP contribution in [0.25, 0.3) is 22.2 Å². The molecular formula is C34H30F7N7O2. The van der Waals surface area contributed by atoms with Crippen molar-refractivity contribution in [1.82, 2.24) is 24.6 Å². The molecule has 7 rings (SSSR count). The highest BCUT2D eigenvalue weighted by Gasteiger charge is 2.48. The maximum absolute atomic E-state index is 14.4. The Hall–Kier alpha value is -4.78. The first-order valence-electron chi connectivity index (χ1n) is 16.1. The zero-order chi connectivity index (χ0) is 35.5. The molecule has 3 aliphatic rings. The van der Waals surface area contributed by atoms with E-state index in [0.717, 1.165) is 13.1 Å². The van der Waals surface area contributed by atoms with E-state index in [1.54, 1.807) is 16.8 Å². The predicted molar refractivity (Wildman–Crippen MR) is 165 cm³/mol. The number of nitrogens with zero attached hydrogens (tertiary/aromatic N) is 7. The van der Waals surface area contributed by atoms with Gasteiger partial charge in [0, 0.05) is 55.4 Å². The van der Waals surface area contributed by atoms with Gasteiger partial charge in [-0.2, -0.15) is 23.5 Å². The number of aromatic nitrogens is 4. The molecule has 2 fully saturated rings. The fourth-order valence-electron chi connectivity index (χ4n) is 6.97. The van der Waals surface area contributed by atoms with Crippen molar-refractivity contribution in [3.8, 4) is 22.9 Å². The second-order valence-electron chi connectivity index (χ2n) is 13.1. The molecule has 1 aliphatic carbocycles. The Bertz CT molecular complexity index is 2010. The van der Waals surface area contributed by atoms with E-state index in [1.165, 1.54) is 17.2 Å². The van der Waals surface area contributed by atoms with Gasteiger partial charge in [-0.25, -0.2) is 27.2 Å². The van der Waals surface area contributed by atoms with Gasteiger partial charge in [-0.3, -0.25) is 19.6 Å². The lowest BCUT2D eigenvalue weighted by molar-refractivity contribution is -0.169. The number of rotatable bonds is 7. The average molecular weight is 702 g/mol. The Kier molecular flexibility index (Phi) is 8.44. The Morgan fingerprint density at radius 3 is 2.48 bits per heavy atom. The quantitative estimate of drug-likeness (QED) is 0.197. The summed E-state index contributed by atoms with van der Waals surface area (Å²) in [6.45, 7) is 1.36. The van der Waals surface area contributed by atoms with Crippen LogP contribution in [0, 0.1) is 28.9 Å². The van der Waals surface area contributed by atoms with Gasteiger partial charge in [-0.1, -0.05) is 13.0 Å². The molecule has 5 heterocycles. The number of pyridine rings is 2. The van der Waals surface area contributed by atoms with Crippen LogP contribution in [0.4, 0.5) is 36.4 Å². The Labute approximate surface area is 281 Å². The van der Waals surface area contributed by atoms with Gasteiger partial charge in [0.15, 0.2) is 12.3 Å². The SMILES string of the molecule is CC(Cc1nc2c(cnn2C2CCN(C3CC(F)(F)C3)CC2)c(-c2ccc3c(c2)OCC(=O)N3Cc2ncc(F)cc2F)c1C#N)C(F)(F)F. The third kappa shape index (κ3) is 6.23. The maximum atomic E-state index is 14.4. The smallest absolute Gasteiger partial charge is 0.391 e. The Morgan fingerprint density at radius 1 is 1.08 bits per heavy atom. The molecule has 9 nitrogen and oxygen atoms in total. The van der Waals surface area contributed by atoms with Crippen LogP contribution in [-0.4, -0.2) is 68.4 Å². The van der Waals surface area contributed by atoms with Crippen molar-refractivity contribution in [2.45, 2.75) is 69.8 Å². The van der Waals surface area contributed by atoms with Gasteiger partial charge in [-0.05, 0) is 30.5 Å². The van der Waals surface area contributed by atoms with Crippen LogP contribution < -0.4 is 9.64 Å². The van der Waals surface area contributed by atoms with E-state index in [4.69, 9.17) is 4.74 Å². The van der Waals surface area contributed by atoms with Gasteiger partial charge in [0.05, 0.1) is 53.5 Å². The summed E-state index contributed by atoms with van der Waals surface area (Å²) < 4.78 is 104. The molecule has 262 valence electrons. The van der Waals surface area contributed by atoms with E-state index in [-0.39, 0.29) is 71.1 Å². The second kappa shape index (κ2) is 12.5. The molecule has 1 saturated carbocycles. The van der Waals surface area contributed by atoms with Crippen LogP contribution in [0.15, 0.2) is 36.7 Å². The van der Waals surface area contributed by atoms with Crippen LogP contribution in [0.3, 0.4) is 0 Å². The van der Waals surface area contributed by atoms with Crippen LogP contribution in [0.5, 0.6) is 5.75 Å². The Balaban J connectivity index is 1.27. The number of carbonyl (C=O) groups is 1. The third-order valence-corrected chi connectivity index (χ3v) is 9.80. The van der Waals surface area contributed by atoms with E-state index >= 15 is 0 Å². The molecule has 4 aromatic rings. The average Bonchev–Trinajstić information content (AvgIpc) is 3.48. The van der Waals surface area contributed by atoms with Gasteiger partial charge in [-0.15, -0.1) is 0 Å². The molecule has 50 heavy (non-hydrogen) atoms. The summed E-state index contributed by atoms with van der Waals surface area (Å²) >= 11 is 0. The first-order chi connectivity index (χ1) is 23.7. The number of alkyl halides is 5. The lowest BCUT2D eigenvalue weighted by atomic mass is 9.85. The lowest BCUT2D eigenvalue weighted by Gasteiger charge is -2.45. The molecule has 16 heteroatoms. The molecule has 1 amide bonds. The summed E-state index contributed by atoms with van der Waals surface area (Å²) in [5.74, 6) is -6.60. The second-order valence-corrected chi connectivity index (χ2v) is 13.1. The fourth-order valence-corrected chi connectivity index (χ4v) is 6.97. The van der Waals surface area contributed by atoms with E-state index < -0.39 is 48.6 Å². The summed E-state index contributed by atoms with van der Waals surface area (Å²) in [5.41, 5.74) is 0.880. The normalized spacial score (nSPS) is 19.2. The lowest BCUT2D eigenvalue weighted by Crippen LogP contribution is -2.53. The molecule has 2 aliphatic heterocycles. The van der Waals surface area contributed by atoms with Crippen molar-refractivity contribution in [1.29, 1.82) is 5.26 Å². The number of benzene rings is 1. The van der Waals surface area contributed by atoms with Crippen molar-refractivity contribution in [2.24, 2.45) is 5.92 Å². The molecular weight excluding hydrogens is 671 g/mol. The van der Waals surface area contributed by atoms with Gasteiger partial charge in [0.1, 0.15) is 23.5 Å². The number of piperidine rings is 1. The summed E-state index contributed by atoms with van der Waals surface area (Å²) in [6, 6.07) is 6.93. The highest BCUT2D eigenvalue weighted by molar-refractivity contribution is 6.00. The maximum Gasteiger partial charge on any atom is 0.391 e. The van der Waals surface area contributed by atoms with E-state index in [9.17, 15) is 40.8 Å². The number of fused-ring (bicyclic) bond motifs is 2. The summed E-state index contributed by atoms with van der Waals surface area (Å²) in [7, 11) is 0. The molecule has 1 aromatic carbocycles. The van der Waals surface area contributed by atoms with Gasteiger partial charge < -0.3 is 4.74 Å². The van der Waals surface area contributed by atoms with Gasteiger partial charge >= 0.3 is 6.18 Å². The van der Waals surface area contributed by atoms with E-state index in [1.807, 2.05) is 4.90 Å². The number of carbonyl (C=O) groups excluding carboxylic acids is 1. The number of hydrogen-bond acceptors (Lipinski definition) is 7. The number of likely N-dealkylation sites (tertiary alicyclic amines) is 1. The number of amides is 1. The number of anilines is 1. The van der Waals surface area contributed by atoms with Crippen molar-refractivity contribution in [2.75, 3.05) is 24.6 Å². The summed E-state index contributed by atoms with van der Waals surface area (Å²) in [5, 5.41) is 15.3. The van der Waals surface area contributed by atoms with Crippen molar-refractivity contribution < 1.29 is 40.3 Å². The van der Waals surface area contributed by atoms with E-state index in [0.29, 0.717) is 42.9 Å². The molecule has 1 atom stereocenters. The van der Waals surface area contributed by atoms with Crippen LogP contribution in [-0.2, 0) is 17.8 Å². The third-order valence-electron chi connectivity index (χ3n) is 9.80. The molecule has 0 radical (unpaired) electrons. The fraction of sp³-hybridized carbons (Fsp3) is 0.441.